The number of fused-ring (bicyclic) bond motifs is 3. The maximum Gasteiger partial charge on any atom is 0.253 e. The average Bonchev–Trinajstić information content (AvgIpc) is 2.67. The number of amides is 1. The second-order valence-electron chi connectivity index (χ2n) is 7.40. The van der Waals surface area contributed by atoms with Gasteiger partial charge in [-0.3, -0.25) is 14.5 Å². The van der Waals surface area contributed by atoms with Gasteiger partial charge in [0.2, 0.25) is 0 Å². The number of H-pyrrole nitrogens is 1. The second-order valence-corrected chi connectivity index (χ2v) is 8.50. The van der Waals surface area contributed by atoms with Crippen LogP contribution in [-0.2, 0) is 12.2 Å². The molecule has 0 spiro atoms. The number of aromatic amines is 1. The van der Waals surface area contributed by atoms with E-state index in [4.69, 9.17) is 0 Å². The van der Waals surface area contributed by atoms with E-state index in [2.05, 4.69) is 23.7 Å². The summed E-state index contributed by atoms with van der Waals surface area (Å²) in [6.45, 7) is 7.80. The number of benzene rings is 1. The largest absolute Gasteiger partial charge is 0.336 e. The predicted molar refractivity (Wildman–Crippen MR) is 107 cm³/mol. The zero-order chi connectivity index (χ0) is 18.3. The summed E-state index contributed by atoms with van der Waals surface area (Å²) in [7, 11) is 0. The van der Waals surface area contributed by atoms with Gasteiger partial charge in [-0.25, -0.2) is 0 Å². The Balaban J connectivity index is 1.64. The first kappa shape index (κ1) is 17.6. The molecule has 2 aromatic rings. The number of nitrogens with zero attached hydrogens (tertiary/aromatic N) is 2. The third kappa shape index (κ3) is 3.16. The first-order valence-corrected chi connectivity index (χ1v) is 10.5. The Morgan fingerprint density at radius 2 is 1.92 bits per heavy atom. The van der Waals surface area contributed by atoms with E-state index < -0.39 is 0 Å². The van der Waals surface area contributed by atoms with E-state index >= 15 is 0 Å². The van der Waals surface area contributed by atoms with Gasteiger partial charge in [0.15, 0.2) is 0 Å². The van der Waals surface area contributed by atoms with Crippen LogP contribution >= 0.6 is 11.8 Å². The molecule has 2 aliphatic heterocycles. The molecule has 0 bridgehead atoms. The van der Waals surface area contributed by atoms with Crippen molar-refractivity contribution in [2.24, 2.45) is 0 Å². The van der Waals surface area contributed by atoms with Crippen molar-refractivity contribution in [1.82, 2.24) is 14.8 Å². The average molecular weight is 372 g/mol. The fourth-order valence-corrected chi connectivity index (χ4v) is 4.95. The second kappa shape index (κ2) is 7.08. The molecule has 0 saturated carbocycles. The van der Waals surface area contributed by atoms with Gasteiger partial charge in [0.25, 0.3) is 11.5 Å². The molecule has 4 rings (SSSR count). The van der Waals surface area contributed by atoms with Crippen molar-refractivity contribution in [3.05, 3.63) is 45.2 Å². The Morgan fingerprint density at radius 1 is 1.15 bits per heavy atom. The molecule has 0 radical (unpaired) electrons. The van der Waals surface area contributed by atoms with Crippen LogP contribution < -0.4 is 5.56 Å². The molecule has 3 heterocycles. The summed E-state index contributed by atoms with van der Waals surface area (Å²) in [5, 5.41) is 1.03. The normalized spacial score (nSPS) is 18.3. The van der Waals surface area contributed by atoms with Crippen molar-refractivity contribution >= 4 is 28.6 Å². The van der Waals surface area contributed by atoms with Crippen LogP contribution in [-0.4, -0.2) is 58.7 Å². The molecule has 0 aliphatic carbocycles. The number of carbonyl (C=O) groups excluding carboxylic acids is 1. The maximum atomic E-state index is 13.0. The van der Waals surface area contributed by atoms with E-state index in [1.165, 1.54) is 0 Å². The third-order valence-electron chi connectivity index (χ3n) is 5.55. The molecule has 138 valence electrons. The number of pyridine rings is 1. The number of nitrogens with one attached hydrogen (secondary N) is 1. The summed E-state index contributed by atoms with van der Waals surface area (Å²) in [5.41, 5.74) is 3.58. The van der Waals surface area contributed by atoms with Crippen LogP contribution in [0.4, 0.5) is 0 Å². The molecule has 1 N–H and O–H groups in total. The lowest BCUT2D eigenvalue weighted by Crippen LogP contribution is -2.50. The minimum Gasteiger partial charge on any atom is -0.336 e. The van der Waals surface area contributed by atoms with Gasteiger partial charge >= 0.3 is 0 Å². The zero-order valence-electron chi connectivity index (χ0n) is 15.4. The Bertz CT molecular complexity index is 898. The molecule has 5 nitrogen and oxygen atoms in total. The lowest BCUT2D eigenvalue weighted by atomic mass is 9.99. The molecule has 1 aromatic carbocycles. The standard InChI is InChI=1S/C20H25N3O2S/c1-13(2)22-6-8-23(9-7-22)20(25)14-3-4-18-16(11-14)15-5-10-26-12-17(15)19(24)21-18/h3-4,11,13H,5-10,12H2,1-2H3,(H,21,24). The van der Waals surface area contributed by atoms with Crippen LogP contribution in [0.25, 0.3) is 10.9 Å². The lowest BCUT2D eigenvalue weighted by Gasteiger charge is -2.37. The number of aromatic nitrogens is 1. The fraction of sp³-hybridized carbons (Fsp3) is 0.500. The van der Waals surface area contributed by atoms with Gasteiger partial charge in [0.05, 0.1) is 0 Å². The number of thioether (sulfide) groups is 1. The summed E-state index contributed by atoms with van der Waals surface area (Å²) in [4.78, 5) is 32.6. The van der Waals surface area contributed by atoms with Crippen molar-refractivity contribution in [3.63, 3.8) is 0 Å². The molecular formula is C20H25N3O2S. The lowest BCUT2D eigenvalue weighted by molar-refractivity contribution is 0.0595. The number of rotatable bonds is 2. The molecule has 6 heteroatoms. The first-order chi connectivity index (χ1) is 12.5. The van der Waals surface area contributed by atoms with E-state index in [1.54, 1.807) is 11.8 Å². The van der Waals surface area contributed by atoms with Crippen LogP contribution in [0, 0.1) is 0 Å². The molecule has 1 amide bonds. The summed E-state index contributed by atoms with van der Waals surface area (Å²) < 4.78 is 0. The van der Waals surface area contributed by atoms with Crippen molar-refractivity contribution in [2.45, 2.75) is 32.1 Å². The summed E-state index contributed by atoms with van der Waals surface area (Å²) in [6.07, 6.45) is 0.894. The molecule has 1 aromatic heterocycles. The van der Waals surface area contributed by atoms with Crippen LogP contribution in [0.1, 0.15) is 35.3 Å². The molecule has 0 unspecified atom stereocenters. The van der Waals surface area contributed by atoms with E-state index in [0.29, 0.717) is 6.04 Å². The molecule has 0 atom stereocenters. The van der Waals surface area contributed by atoms with Crippen LogP contribution in [0.5, 0.6) is 0 Å². The molecule has 1 saturated heterocycles. The highest BCUT2D eigenvalue weighted by atomic mass is 32.2. The number of carbonyl (C=O) groups is 1. The molecule has 1 fully saturated rings. The summed E-state index contributed by atoms with van der Waals surface area (Å²) in [6, 6.07) is 6.24. The Labute approximate surface area is 157 Å². The van der Waals surface area contributed by atoms with Gasteiger partial charge in [-0.15, -0.1) is 0 Å². The monoisotopic (exact) mass is 371 g/mol. The summed E-state index contributed by atoms with van der Waals surface area (Å²) in [5.74, 6) is 1.89. The van der Waals surface area contributed by atoms with E-state index in [0.717, 1.165) is 71.7 Å². The SMILES string of the molecule is CC(C)N1CCN(C(=O)c2ccc3[nH]c(=O)c4c(c3c2)CCSC4)CC1. The third-order valence-corrected chi connectivity index (χ3v) is 6.54. The van der Waals surface area contributed by atoms with E-state index in [-0.39, 0.29) is 11.5 Å². The van der Waals surface area contributed by atoms with E-state index in [1.807, 2.05) is 23.1 Å². The minimum atomic E-state index is 0.0172. The molecular weight excluding hydrogens is 346 g/mol. The van der Waals surface area contributed by atoms with Crippen molar-refractivity contribution in [3.8, 4) is 0 Å². The van der Waals surface area contributed by atoms with Gasteiger partial charge in [0.1, 0.15) is 0 Å². The van der Waals surface area contributed by atoms with Crippen molar-refractivity contribution in [1.29, 1.82) is 0 Å². The highest BCUT2D eigenvalue weighted by Crippen LogP contribution is 2.28. The highest BCUT2D eigenvalue weighted by molar-refractivity contribution is 7.98. The highest BCUT2D eigenvalue weighted by Gasteiger charge is 2.24. The summed E-state index contributed by atoms with van der Waals surface area (Å²) >= 11 is 1.80. The fourth-order valence-electron chi connectivity index (χ4n) is 3.94. The van der Waals surface area contributed by atoms with Crippen molar-refractivity contribution in [2.75, 3.05) is 31.9 Å². The number of hydrogen-bond acceptors (Lipinski definition) is 4. The van der Waals surface area contributed by atoms with Gasteiger partial charge in [-0.05, 0) is 49.8 Å². The van der Waals surface area contributed by atoms with Gasteiger partial charge in [0, 0.05) is 60.0 Å². The number of piperazine rings is 1. The van der Waals surface area contributed by atoms with Crippen LogP contribution in [0.2, 0.25) is 0 Å². The van der Waals surface area contributed by atoms with E-state index in [9.17, 15) is 9.59 Å². The van der Waals surface area contributed by atoms with Gasteiger partial charge < -0.3 is 9.88 Å². The van der Waals surface area contributed by atoms with Crippen LogP contribution in [0.3, 0.4) is 0 Å². The maximum absolute atomic E-state index is 13.0. The molecule has 2 aliphatic rings. The molecule has 26 heavy (non-hydrogen) atoms. The predicted octanol–water partition coefficient (Wildman–Crippen LogP) is 2.48. The van der Waals surface area contributed by atoms with Gasteiger partial charge in [-0.1, -0.05) is 0 Å². The van der Waals surface area contributed by atoms with Gasteiger partial charge in [-0.2, -0.15) is 11.8 Å². The Hall–Kier alpha value is -1.79. The minimum absolute atomic E-state index is 0.0172. The zero-order valence-corrected chi connectivity index (χ0v) is 16.2. The Kier molecular flexibility index (Phi) is 4.80. The number of hydrogen-bond donors (Lipinski definition) is 1. The quantitative estimate of drug-likeness (QED) is 0.881. The van der Waals surface area contributed by atoms with Crippen molar-refractivity contribution < 1.29 is 4.79 Å². The van der Waals surface area contributed by atoms with Crippen LogP contribution in [0.15, 0.2) is 23.0 Å². The first-order valence-electron chi connectivity index (χ1n) is 9.33. The Morgan fingerprint density at radius 3 is 2.65 bits per heavy atom. The smallest absolute Gasteiger partial charge is 0.253 e. The number of aryl methyl sites for hydroxylation is 1. The topological polar surface area (TPSA) is 56.4 Å².